The van der Waals surface area contributed by atoms with Gasteiger partial charge in [-0.2, -0.15) is 5.10 Å². The van der Waals surface area contributed by atoms with Gasteiger partial charge in [0, 0.05) is 12.6 Å². The number of urea groups is 1. The number of hydrogen-bond donors (Lipinski definition) is 0. The summed E-state index contributed by atoms with van der Waals surface area (Å²) in [6.07, 6.45) is 2.62. The van der Waals surface area contributed by atoms with E-state index in [9.17, 15) is 4.79 Å². The molecule has 0 bridgehead atoms. The molecule has 0 radical (unpaired) electrons. The summed E-state index contributed by atoms with van der Waals surface area (Å²) in [5.74, 6) is 0.843. The molecule has 0 spiro atoms. The minimum Gasteiger partial charge on any atom is -0.487 e. The van der Waals surface area contributed by atoms with Crippen molar-refractivity contribution in [1.29, 1.82) is 0 Å². The van der Waals surface area contributed by atoms with Crippen LogP contribution in [0.4, 0.5) is 4.79 Å². The Kier molecular flexibility index (Phi) is 3.91. The van der Waals surface area contributed by atoms with Crippen LogP contribution < -0.4 is 4.74 Å². The molecule has 2 aromatic carbocycles. The van der Waals surface area contributed by atoms with Crippen molar-refractivity contribution < 1.29 is 9.53 Å². The molecule has 2 aliphatic heterocycles. The Bertz CT molecular complexity index is 727. The highest BCUT2D eigenvalue weighted by atomic mass is 16.5. The third-order valence-corrected chi connectivity index (χ3v) is 4.37. The Balaban J connectivity index is 1.36. The van der Waals surface area contributed by atoms with Crippen LogP contribution in [0, 0.1) is 0 Å². The smallest absolute Gasteiger partial charge is 0.341 e. The summed E-state index contributed by atoms with van der Waals surface area (Å²) in [5.41, 5.74) is 1.11. The number of rotatable bonds is 3. The largest absolute Gasteiger partial charge is 0.487 e. The van der Waals surface area contributed by atoms with Crippen LogP contribution in [-0.4, -0.2) is 41.3 Å². The summed E-state index contributed by atoms with van der Waals surface area (Å²) in [4.78, 5) is 14.5. The Hall–Kier alpha value is -2.82. The van der Waals surface area contributed by atoms with Crippen molar-refractivity contribution in [3.63, 3.8) is 0 Å². The van der Waals surface area contributed by atoms with E-state index < -0.39 is 0 Å². The zero-order valence-electron chi connectivity index (χ0n) is 13.3. The van der Waals surface area contributed by atoms with E-state index in [0.29, 0.717) is 13.1 Å². The van der Waals surface area contributed by atoms with E-state index in [1.807, 2.05) is 66.9 Å². The van der Waals surface area contributed by atoms with E-state index in [1.165, 1.54) is 0 Å². The van der Waals surface area contributed by atoms with E-state index in [2.05, 4.69) is 5.10 Å². The fourth-order valence-electron chi connectivity index (χ4n) is 3.06. The number of carbonyl (C=O) groups is 1. The molecule has 1 saturated heterocycles. The van der Waals surface area contributed by atoms with Gasteiger partial charge in [0.2, 0.25) is 0 Å². The first kappa shape index (κ1) is 14.8. The lowest BCUT2D eigenvalue weighted by atomic mass is 10.0. The van der Waals surface area contributed by atoms with Gasteiger partial charge in [0.1, 0.15) is 11.9 Å². The van der Waals surface area contributed by atoms with Crippen LogP contribution in [0.5, 0.6) is 5.75 Å². The minimum absolute atomic E-state index is 0.00667. The second kappa shape index (κ2) is 6.35. The predicted octanol–water partition coefficient (Wildman–Crippen LogP) is 3.30. The van der Waals surface area contributed by atoms with Crippen molar-refractivity contribution in [1.82, 2.24) is 9.91 Å². The van der Waals surface area contributed by atoms with Crippen LogP contribution in [0.25, 0.3) is 0 Å². The molecule has 5 heteroatoms. The quantitative estimate of drug-likeness (QED) is 0.870. The second-order valence-electron chi connectivity index (χ2n) is 6.05. The van der Waals surface area contributed by atoms with Crippen LogP contribution in [0.1, 0.15) is 18.0 Å². The number of likely N-dealkylation sites (tertiary alicyclic amines) is 1. The maximum atomic E-state index is 12.7. The van der Waals surface area contributed by atoms with E-state index in [1.54, 1.807) is 9.91 Å². The molecule has 2 aromatic rings. The topological polar surface area (TPSA) is 45.1 Å². The molecular formula is C19H19N3O2. The Labute approximate surface area is 141 Å². The maximum absolute atomic E-state index is 12.7. The van der Waals surface area contributed by atoms with Gasteiger partial charge in [-0.15, -0.1) is 0 Å². The van der Waals surface area contributed by atoms with Gasteiger partial charge in [-0.25, -0.2) is 9.80 Å². The van der Waals surface area contributed by atoms with Crippen LogP contribution in [-0.2, 0) is 0 Å². The van der Waals surface area contributed by atoms with Gasteiger partial charge in [0.15, 0.2) is 0 Å². The molecule has 0 aromatic heterocycles. The van der Waals surface area contributed by atoms with Crippen molar-refractivity contribution in [2.24, 2.45) is 5.10 Å². The van der Waals surface area contributed by atoms with Gasteiger partial charge in [-0.05, 0) is 17.7 Å². The molecule has 2 amide bonds. The Morgan fingerprint density at radius 2 is 1.67 bits per heavy atom. The van der Waals surface area contributed by atoms with Crippen molar-refractivity contribution in [3.05, 3.63) is 66.2 Å². The number of carbonyl (C=O) groups excluding carboxylic acids is 1. The average Bonchev–Trinajstić information content (AvgIpc) is 3.09. The Morgan fingerprint density at radius 3 is 2.38 bits per heavy atom. The zero-order chi connectivity index (χ0) is 16.4. The Morgan fingerprint density at radius 1 is 1.00 bits per heavy atom. The lowest BCUT2D eigenvalue weighted by Crippen LogP contribution is -2.58. The standard InChI is InChI=1S/C19H19N3O2/c23-19(21-13-17(14-21)24-16-9-5-2-6-10-16)22-18(11-12-20-22)15-7-3-1-4-8-15/h1-10,12,17-18H,11,13-14H2/t18-/m0/s1. The van der Waals surface area contributed by atoms with Gasteiger partial charge in [0.05, 0.1) is 19.1 Å². The summed E-state index contributed by atoms with van der Waals surface area (Å²) < 4.78 is 5.85. The van der Waals surface area contributed by atoms with Crippen molar-refractivity contribution in [3.8, 4) is 5.75 Å². The molecule has 24 heavy (non-hydrogen) atoms. The predicted molar refractivity (Wildman–Crippen MR) is 92.0 cm³/mol. The van der Waals surface area contributed by atoms with E-state index in [0.717, 1.165) is 17.7 Å². The molecule has 1 atom stereocenters. The zero-order valence-corrected chi connectivity index (χ0v) is 13.3. The van der Waals surface area contributed by atoms with Gasteiger partial charge in [-0.1, -0.05) is 48.5 Å². The summed E-state index contributed by atoms with van der Waals surface area (Å²) >= 11 is 0. The lowest BCUT2D eigenvalue weighted by molar-refractivity contribution is 0.0277. The van der Waals surface area contributed by atoms with Crippen molar-refractivity contribution >= 4 is 12.2 Å². The number of hydrogen-bond acceptors (Lipinski definition) is 3. The maximum Gasteiger partial charge on any atom is 0.341 e. The monoisotopic (exact) mass is 321 g/mol. The first-order valence-corrected chi connectivity index (χ1v) is 8.18. The van der Waals surface area contributed by atoms with Crippen LogP contribution in [0.15, 0.2) is 65.8 Å². The highest BCUT2D eigenvalue weighted by molar-refractivity contribution is 5.79. The highest BCUT2D eigenvalue weighted by Crippen LogP contribution is 2.30. The van der Waals surface area contributed by atoms with Crippen molar-refractivity contribution in [2.45, 2.75) is 18.6 Å². The summed E-state index contributed by atoms with van der Waals surface area (Å²) in [6.45, 7) is 1.20. The molecule has 2 aliphatic rings. The summed E-state index contributed by atoms with van der Waals surface area (Å²) in [5, 5.41) is 5.87. The third-order valence-electron chi connectivity index (χ3n) is 4.37. The normalized spacial score (nSPS) is 20.1. The molecular weight excluding hydrogens is 302 g/mol. The molecule has 4 rings (SSSR count). The molecule has 2 heterocycles. The van der Waals surface area contributed by atoms with Crippen molar-refractivity contribution in [2.75, 3.05) is 13.1 Å². The highest BCUT2D eigenvalue weighted by Gasteiger charge is 2.38. The number of nitrogens with zero attached hydrogens (tertiary/aromatic N) is 3. The number of benzene rings is 2. The molecule has 0 aliphatic carbocycles. The van der Waals surface area contributed by atoms with E-state index in [-0.39, 0.29) is 18.2 Å². The van der Waals surface area contributed by atoms with E-state index >= 15 is 0 Å². The summed E-state index contributed by atoms with van der Waals surface area (Å²) in [6, 6.07) is 19.7. The third kappa shape index (κ3) is 2.85. The number of hydrazone groups is 1. The lowest BCUT2D eigenvalue weighted by Gasteiger charge is -2.41. The molecule has 0 unspecified atom stereocenters. The number of para-hydroxylation sites is 1. The van der Waals surface area contributed by atoms with Crippen LogP contribution >= 0.6 is 0 Å². The summed E-state index contributed by atoms with van der Waals surface area (Å²) in [7, 11) is 0. The molecule has 0 saturated carbocycles. The minimum atomic E-state index is -0.0504. The second-order valence-corrected chi connectivity index (χ2v) is 6.05. The van der Waals surface area contributed by atoms with Gasteiger partial charge < -0.3 is 9.64 Å². The van der Waals surface area contributed by atoms with Crippen LogP contribution in [0.3, 0.4) is 0 Å². The fraction of sp³-hybridized carbons (Fsp3) is 0.263. The molecule has 122 valence electrons. The van der Waals surface area contributed by atoms with Gasteiger partial charge in [-0.3, -0.25) is 0 Å². The van der Waals surface area contributed by atoms with E-state index in [4.69, 9.17) is 4.74 Å². The fourth-order valence-corrected chi connectivity index (χ4v) is 3.06. The first-order valence-electron chi connectivity index (χ1n) is 8.18. The number of ether oxygens (including phenoxy) is 1. The average molecular weight is 321 g/mol. The first-order chi connectivity index (χ1) is 11.8. The van der Waals surface area contributed by atoms with Gasteiger partial charge in [0.25, 0.3) is 0 Å². The number of amides is 2. The van der Waals surface area contributed by atoms with Gasteiger partial charge >= 0.3 is 6.03 Å². The molecule has 1 fully saturated rings. The SMILES string of the molecule is O=C(N1CC(Oc2ccccc2)C1)N1N=CC[C@H]1c1ccccc1. The van der Waals surface area contributed by atoms with Crippen LogP contribution in [0.2, 0.25) is 0 Å². The molecule has 5 nitrogen and oxygen atoms in total. The molecule has 0 N–H and O–H groups in total.